The molecule has 0 saturated carbocycles. The number of aromatic nitrogens is 4. The SMILES string of the molecule is c1ccc(-c2ccc(-c3ccccc3)c(-c3ccc(-c4cccc5oc6ccc7c(c8ccccc8n7-c7ccccc7)c6c45)c(-c4nc(-c5ccccc5)nc(-c5ccccc5)n4)c3)c2)cc1. The fourth-order valence-corrected chi connectivity index (χ4v) is 9.97. The molecule has 3 heterocycles. The second-order valence-corrected chi connectivity index (χ2v) is 17.1. The molecule has 0 aliphatic heterocycles. The molecule has 0 unspecified atom stereocenters. The number of rotatable bonds is 8. The van der Waals surface area contributed by atoms with E-state index in [-0.39, 0.29) is 0 Å². The van der Waals surface area contributed by atoms with Crippen LogP contribution in [-0.4, -0.2) is 19.5 Å². The summed E-state index contributed by atoms with van der Waals surface area (Å²) in [6.07, 6.45) is 0. The Hall–Kier alpha value is -9.19. The van der Waals surface area contributed by atoms with Crippen LogP contribution in [-0.2, 0) is 0 Å². The van der Waals surface area contributed by atoms with Crippen LogP contribution in [0.15, 0.2) is 247 Å². The van der Waals surface area contributed by atoms with Crippen LogP contribution < -0.4 is 0 Å². The van der Waals surface area contributed by atoms with E-state index in [2.05, 4.69) is 211 Å². The Bertz CT molecular complexity index is 3940. The predicted molar refractivity (Wildman–Crippen MR) is 279 cm³/mol. The molecule has 0 spiro atoms. The molecule has 318 valence electrons. The second kappa shape index (κ2) is 16.4. The molecule has 0 saturated heterocycles. The van der Waals surface area contributed by atoms with Crippen molar-refractivity contribution in [2.24, 2.45) is 0 Å². The van der Waals surface area contributed by atoms with Crippen molar-refractivity contribution >= 4 is 43.7 Å². The maximum absolute atomic E-state index is 6.85. The smallest absolute Gasteiger partial charge is 0.164 e. The minimum atomic E-state index is 0.575. The van der Waals surface area contributed by atoms with E-state index in [1.54, 1.807) is 0 Å². The molecular formula is C63H40N4O. The highest BCUT2D eigenvalue weighted by molar-refractivity contribution is 6.29. The van der Waals surface area contributed by atoms with Crippen molar-refractivity contribution in [2.75, 3.05) is 0 Å². The van der Waals surface area contributed by atoms with E-state index in [1.807, 2.05) is 36.4 Å². The van der Waals surface area contributed by atoms with Gasteiger partial charge in [0.15, 0.2) is 17.5 Å². The fraction of sp³-hybridized carbons (Fsp3) is 0. The minimum absolute atomic E-state index is 0.575. The maximum atomic E-state index is 6.85. The lowest BCUT2D eigenvalue weighted by Gasteiger charge is -2.17. The highest BCUT2D eigenvalue weighted by Crippen LogP contribution is 2.47. The molecule has 0 N–H and O–H groups in total. The van der Waals surface area contributed by atoms with Gasteiger partial charge in [-0.3, -0.25) is 0 Å². The summed E-state index contributed by atoms with van der Waals surface area (Å²) < 4.78 is 9.21. The van der Waals surface area contributed by atoms with Gasteiger partial charge in [0, 0.05) is 43.9 Å². The summed E-state index contributed by atoms with van der Waals surface area (Å²) in [6, 6.07) is 85.2. The second-order valence-electron chi connectivity index (χ2n) is 17.1. The van der Waals surface area contributed by atoms with Gasteiger partial charge >= 0.3 is 0 Å². The van der Waals surface area contributed by atoms with E-state index in [0.717, 1.165) is 111 Å². The lowest BCUT2D eigenvalue weighted by molar-refractivity contribution is 0.669. The molecule has 0 bridgehead atoms. The average molecular weight is 869 g/mol. The number of hydrogen-bond donors (Lipinski definition) is 0. The molecule has 0 radical (unpaired) electrons. The van der Waals surface area contributed by atoms with Crippen molar-refractivity contribution < 1.29 is 4.42 Å². The number of benzene rings is 10. The molecule has 0 fully saturated rings. The summed E-state index contributed by atoms with van der Waals surface area (Å²) in [7, 11) is 0. The van der Waals surface area contributed by atoms with Gasteiger partial charge in [-0.05, 0) is 93.0 Å². The Morgan fingerprint density at radius 1 is 0.279 bits per heavy atom. The molecule has 0 amide bonds. The summed E-state index contributed by atoms with van der Waals surface area (Å²) >= 11 is 0. The van der Waals surface area contributed by atoms with Crippen molar-refractivity contribution in [2.45, 2.75) is 0 Å². The van der Waals surface area contributed by atoms with E-state index >= 15 is 0 Å². The van der Waals surface area contributed by atoms with E-state index in [9.17, 15) is 0 Å². The molecule has 68 heavy (non-hydrogen) atoms. The minimum Gasteiger partial charge on any atom is -0.456 e. The van der Waals surface area contributed by atoms with E-state index in [0.29, 0.717) is 17.5 Å². The predicted octanol–water partition coefficient (Wildman–Crippen LogP) is 16.5. The van der Waals surface area contributed by atoms with Crippen molar-refractivity contribution in [3.63, 3.8) is 0 Å². The van der Waals surface area contributed by atoms with Gasteiger partial charge in [-0.2, -0.15) is 0 Å². The highest BCUT2D eigenvalue weighted by atomic mass is 16.3. The van der Waals surface area contributed by atoms with Crippen molar-refractivity contribution in [1.29, 1.82) is 0 Å². The van der Waals surface area contributed by atoms with Crippen LogP contribution in [0.1, 0.15) is 0 Å². The maximum Gasteiger partial charge on any atom is 0.164 e. The van der Waals surface area contributed by atoms with Gasteiger partial charge in [0.05, 0.1) is 11.0 Å². The number of hydrogen-bond acceptors (Lipinski definition) is 4. The van der Waals surface area contributed by atoms with Crippen molar-refractivity contribution in [3.05, 3.63) is 243 Å². The van der Waals surface area contributed by atoms with Crippen LogP contribution in [0.5, 0.6) is 0 Å². The molecule has 0 atom stereocenters. The third-order valence-corrected chi connectivity index (χ3v) is 13.1. The first-order chi connectivity index (χ1) is 33.7. The first-order valence-electron chi connectivity index (χ1n) is 22.9. The van der Waals surface area contributed by atoms with Crippen LogP contribution in [0.25, 0.3) is 128 Å². The summed E-state index contributed by atoms with van der Waals surface area (Å²) in [5.41, 5.74) is 16.4. The molecule has 3 aromatic heterocycles. The van der Waals surface area contributed by atoms with E-state index in [1.165, 1.54) is 0 Å². The normalized spacial score (nSPS) is 11.5. The van der Waals surface area contributed by atoms with Crippen LogP contribution >= 0.6 is 0 Å². The summed E-state index contributed by atoms with van der Waals surface area (Å²) in [4.78, 5) is 15.9. The monoisotopic (exact) mass is 868 g/mol. The lowest BCUT2D eigenvalue weighted by Crippen LogP contribution is -2.01. The van der Waals surface area contributed by atoms with Gasteiger partial charge in [0.1, 0.15) is 11.2 Å². The van der Waals surface area contributed by atoms with Gasteiger partial charge in [-0.25, -0.2) is 15.0 Å². The standard InChI is InChI=1S/C63H40N4O/c1-6-19-41(20-7-1)45-33-35-48(42-21-8-2-9-22-42)52(39-45)46-34-36-49(53(40-46)63-65-61(43-23-10-3-11-24-43)64-62(66-63)44-25-12-4-13-26-44)50-30-18-32-56-59(50)60-57(68-56)38-37-55-58(60)51-29-16-17-31-54(51)67(55)47-27-14-5-15-28-47/h1-40H. The summed E-state index contributed by atoms with van der Waals surface area (Å²) in [5.74, 6) is 1.78. The Kier molecular flexibility index (Phi) is 9.43. The van der Waals surface area contributed by atoms with Crippen LogP contribution in [0.4, 0.5) is 0 Å². The lowest BCUT2D eigenvalue weighted by atomic mass is 9.87. The first kappa shape index (κ1) is 39.2. The quantitative estimate of drug-likeness (QED) is 0.153. The number of fused-ring (bicyclic) bond motifs is 7. The largest absolute Gasteiger partial charge is 0.456 e. The Morgan fingerprint density at radius 3 is 1.51 bits per heavy atom. The van der Waals surface area contributed by atoms with Crippen molar-refractivity contribution in [3.8, 4) is 84.4 Å². The zero-order chi connectivity index (χ0) is 45.0. The third kappa shape index (κ3) is 6.68. The topological polar surface area (TPSA) is 56.7 Å². The van der Waals surface area contributed by atoms with Crippen LogP contribution in [0.3, 0.4) is 0 Å². The molecule has 0 aliphatic rings. The van der Waals surface area contributed by atoms with Gasteiger partial charge in [0.2, 0.25) is 0 Å². The summed E-state index contributed by atoms with van der Waals surface area (Å²) in [6.45, 7) is 0. The van der Waals surface area contributed by atoms with Crippen molar-refractivity contribution in [1.82, 2.24) is 19.5 Å². The molecule has 13 aromatic rings. The van der Waals surface area contributed by atoms with Gasteiger partial charge in [-0.1, -0.05) is 194 Å². The highest BCUT2D eigenvalue weighted by Gasteiger charge is 2.24. The number of furan rings is 1. The Morgan fingerprint density at radius 2 is 0.824 bits per heavy atom. The zero-order valence-corrected chi connectivity index (χ0v) is 36.8. The first-order valence-corrected chi connectivity index (χ1v) is 22.9. The molecule has 10 aromatic carbocycles. The van der Waals surface area contributed by atoms with Gasteiger partial charge in [-0.15, -0.1) is 0 Å². The van der Waals surface area contributed by atoms with Gasteiger partial charge < -0.3 is 8.98 Å². The molecule has 13 rings (SSSR count). The van der Waals surface area contributed by atoms with Crippen LogP contribution in [0, 0.1) is 0 Å². The Balaban J connectivity index is 1.13. The fourth-order valence-electron chi connectivity index (χ4n) is 9.97. The Labute approximate surface area is 392 Å². The third-order valence-electron chi connectivity index (χ3n) is 13.1. The number of para-hydroxylation sites is 2. The molecule has 0 aliphatic carbocycles. The average Bonchev–Trinajstić information content (AvgIpc) is 3.98. The number of nitrogens with zero attached hydrogens (tertiary/aromatic N) is 4. The zero-order valence-electron chi connectivity index (χ0n) is 36.8. The van der Waals surface area contributed by atoms with Gasteiger partial charge in [0.25, 0.3) is 0 Å². The molecule has 5 nitrogen and oxygen atoms in total. The molecule has 5 heteroatoms. The van der Waals surface area contributed by atoms with E-state index < -0.39 is 0 Å². The van der Waals surface area contributed by atoms with Crippen LogP contribution in [0.2, 0.25) is 0 Å². The van der Waals surface area contributed by atoms with E-state index in [4.69, 9.17) is 19.4 Å². The molecular weight excluding hydrogens is 829 g/mol. The summed E-state index contributed by atoms with van der Waals surface area (Å²) in [5, 5.41) is 4.42.